The standard InChI is InChI=1S/C14H20N2/c1(3-11-5-6-11)9-15-13-8-7-12-4-2-10-16-14(12)13/h2,4,10-11,13,15H,1,3,5-9H2. The fourth-order valence-corrected chi connectivity index (χ4v) is 2.68. The van der Waals surface area contributed by atoms with Crippen molar-refractivity contribution in [1.29, 1.82) is 0 Å². The number of hydrogen-bond acceptors (Lipinski definition) is 2. The summed E-state index contributed by atoms with van der Waals surface area (Å²) in [6.45, 7) is 1.16. The Balaban J connectivity index is 1.48. The lowest BCUT2D eigenvalue weighted by molar-refractivity contribution is 0.497. The molecule has 2 aliphatic carbocycles. The average Bonchev–Trinajstić information content (AvgIpc) is 3.05. The molecular weight excluding hydrogens is 196 g/mol. The number of nitrogens with one attached hydrogen (secondary N) is 1. The molecule has 1 atom stereocenters. The molecule has 1 heterocycles. The smallest absolute Gasteiger partial charge is 0.0605 e. The molecule has 3 rings (SSSR count). The van der Waals surface area contributed by atoms with Gasteiger partial charge in [-0.1, -0.05) is 18.9 Å². The van der Waals surface area contributed by atoms with E-state index < -0.39 is 0 Å². The molecule has 86 valence electrons. The third kappa shape index (κ3) is 2.27. The minimum Gasteiger partial charge on any atom is -0.309 e. The van der Waals surface area contributed by atoms with Gasteiger partial charge in [-0.05, 0) is 49.8 Å². The Morgan fingerprint density at radius 1 is 1.31 bits per heavy atom. The second-order valence-corrected chi connectivity index (χ2v) is 5.18. The summed E-state index contributed by atoms with van der Waals surface area (Å²) < 4.78 is 0. The topological polar surface area (TPSA) is 24.9 Å². The van der Waals surface area contributed by atoms with Gasteiger partial charge in [-0.2, -0.15) is 0 Å². The highest BCUT2D eigenvalue weighted by atomic mass is 14.9. The van der Waals surface area contributed by atoms with E-state index in [0.29, 0.717) is 6.04 Å². The fourth-order valence-electron chi connectivity index (χ4n) is 2.68. The van der Waals surface area contributed by atoms with E-state index in [1.165, 1.54) is 49.8 Å². The summed E-state index contributed by atoms with van der Waals surface area (Å²) in [5.74, 6) is 1.07. The Bertz CT molecular complexity index is 358. The number of fused-ring (bicyclic) bond motifs is 1. The van der Waals surface area contributed by atoms with Crippen molar-refractivity contribution < 1.29 is 0 Å². The van der Waals surface area contributed by atoms with E-state index in [1.54, 1.807) is 0 Å². The molecule has 1 N–H and O–H groups in total. The highest BCUT2D eigenvalue weighted by molar-refractivity contribution is 5.27. The van der Waals surface area contributed by atoms with Gasteiger partial charge in [0.25, 0.3) is 0 Å². The maximum absolute atomic E-state index is 4.50. The van der Waals surface area contributed by atoms with E-state index in [0.717, 1.165) is 12.5 Å². The Kier molecular flexibility index (Phi) is 2.92. The van der Waals surface area contributed by atoms with Crippen LogP contribution in [0.15, 0.2) is 18.3 Å². The number of nitrogens with zero attached hydrogens (tertiary/aromatic N) is 1. The van der Waals surface area contributed by atoms with Crippen LogP contribution in [0.4, 0.5) is 0 Å². The van der Waals surface area contributed by atoms with Crippen molar-refractivity contribution in [3.63, 3.8) is 0 Å². The second kappa shape index (κ2) is 4.54. The van der Waals surface area contributed by atoms with E-state index >= 15 is 0 Å². The van der Waals surface area contributed by atoms with E-state index in [1.807, 2.05) is 12.3 Å². The van der Waals surface area contributed by atoms with Gasteiger partial charge in [0.1, 0.15) is 0 Å². The molecule has 0 aromatic carbocycles. The summed E-state index contributed by atoms with van der Waals surface area (Å²) in [4.78, 5) is 4.50. The molecular formula is C14H20N2. The summed E-state index contributed by atoms with van der Waals surface area (Å²) in [5, 5.41) is 3.66. The Morgan fingerprint density at radius 3 is 3.12 bits per heavy atom. The lowest BCUT2D eigenvalue weighted by atomic mass is 10.2. The summed E-state index contributed by atoms with van der Waals surface area (Å²) >= 11 is 0. The van der Waals surface area contributed by atoms with Gasteiger partial charge in [-0.3, -0.25) is 4.98 Å². The molecule has 0 radical (unpaired) electrons. The van der Waals surface area contributed by atoms with Crippen LogP contribution in [0.2, 0.25) is 0 Å². The van der Waals surface area contributed by atoms with Crippen molar-refractivity contribution in [2.75, 3.05) is 6.54 Å². The van der Waals surface area contributed by atoms with Gasteiger partial charge < -0.3 is 5.32 Å². The molecule has 0 spiro atoms. The highest BCUT2D eigenvalue weighted by Crippen LogP contribution is 2.33. The summed E-state index contributed by atoms with van der Waals surface area (Å²) in [6, 6.07) is 4.79. The van der Waals surface area contributed by atoms with Crippen molar-refractivity contribution in [3.05, 3.63) is 29.6 Å². The SMILES string of the molecule is c1cnc2c(c1)CCC2NCCCC1CC1. The van der Waals surface area contributed by atoms with Gasteiger partial charge in [0.05, 0.1) is 11.7 Å². The lowest BCUT2D eigenvalue weighted by Crippen LogP contribution is -2.21. The molecule has 16 heavy (non-hydrogen) atoms. The third-order valence-electron chi connectivity index (χ3n) is 3.84. The van der Waals surface area contributed by atoms with Crippen LogP contribution >= 0.6 is 0 Å². The summed E-state index contributed by atoms with van der Waals surface area (Å²) in [6.07, 6.45) is 10.1. The van der Waals surface area contributed by atoms with Gasteiger partial charge in [0.15, 0.2) is 0 Å². The normalized spacial score (nSPS) is 23.4. The Hall–Kier alpha value is -0.890. The van der Waals surface area contributed by atoms with Crippen LogP contribution in [0, 0.1) is 5.92 Å². The van der Waals surface area contributed by atoms with Crippen LogP contribution in [0.3, 0.4) is 0 Å². The summed E-state index contributed by atoms with van der Waals surface area (Å²) in [5.41, 5.74) is 2.75. The van der Waals surface area contributed by atoms with Gasteiger partial charge >= 0.3 is 0 Å². The number of rotatable bonds is 5. The van der Waals surface area contributed by atoms with Crippen LogP contribution in [-0.2, 0) is 6.42 Å². The molecule has 1 saturated carbocycles. The van der Waals surface area contributed by atoms with Gasteiger partial charge in [-0.15, -0.1) is 0 Å². The zero-order chi connectivity index (χ0) is 10.8. The molecule has 0 saturated heterocycles. The molecule has 0 aliphatic heterocycles. The number of hydrogen-bond donors (Lipinski definition) is 1. The second-order valence-electron chi connectivity index (χ2n) is 5.18. The molecule has 1 unspecified atom stereocenters. The maximum atomic E-state index is 4.50. The first-order valence-electron chi connectivity index (χ1n) is 6.60. The van der Waals surface area contributed by atoms with Crippen molar-refractivity contribution in [2.45, 2.75) is 44.6 Å². The van der Waals surface area contributed by atoms with Crippen molar-refractivity contribution in [2.24, 2.45) is 5.92 Å². The van der Waals surface area contributed by atoms with Crippen LogP contribution < -0.4 is 5.32 Å². The van der Waals surface area contributed by atoms with Crippen LogP contribution in [0.25, 0.3) is 0 Å². The first-order valence-corrected chi connectivity index (χ1v) is 6.60. The molecule has 1 aromatic rings. The fraction of sp³-hybridized carbons (Fsp3) is 0.643. The molecule has 0 amide bonds. The van der Waals surface area contributed by atoms with E-state index in [4.69, 9.17) is 0 Å². The third-order valence-corrected chi connectivity index (χ3v) is 3.84. The summed E-state index contributed by atoms with van der Waals surface area (Å²) in [7, 11) is 0. The van der Waals surface area contributed by atoms with E-state index in [9.17, 15) is 0 Å². The van der Waals surface area contributed by atoms with Crippen LogP contribution in [0.5, 0.6) is 0 Å². The molecule has 1 fully saturated rings. The van der Waals surface area contributed by atoms with Crippen LogP contribution in [0.1, 0.15) is 49.4 Å². The first kappa shape index (κ1) is 10.3. The largest absolute Gasteiger partial charge is 0.309 e. The molecule has 2 nitrogen and oxygen atoms in total. The molecule has 2 heteroatoms. The van der Waals surface area contributed by atoms with Crippen molar-refractivity contribution in [1.82, 2.24) is 10.3 Å². The maximum Gasteiger partial charge on any atom is 0.0605 e. The minimum absolute atomic E-state index is 0.524. The highest BCUT2D eigenvalue weighted by Gasteiger charge is 2.23. The number of aromatic nitrogens is 1. The van der Waals surface area contributed by atoms with Gasteiger partial charge in [0, 0.05) is 6.20 Å². The quantitative estimate of drug-likeness (QED) is 0.766. The zero-order valence-electron chi connectivity index (χ0n) is 9.78. The lowest BCUT2D eigenvalue weighted by Gasteiger charge is -2.12. The van der Waals surface area contributed by atoms with Crippen LogP contribution in [-0.4, -0.2) is 11.5 Å². The van der Waals surface area contributed by atoms with Gasteiger partial charge in [0.2, 0.25) is 0 Å². The Labute approximate surface area is 97.5 Å². The minimum atomic E-state index is 0.524. The molecule has 0 bridgehead atoms. The van der Waals surface area contributed by atoms with Gasteiger partial charge in [-0.25, -0.2) is 0 Å². The monoisotopic (exact) mass is 216 g/mol. The van der Waals surface area contributed by atoms with E-state index in [2.05, 4.69) is 16.4 Å². The first-order chi connectivity index (χ1) is 7.93. The van der Waals surface area contributed by atoms with Crippen molar-refractivity contribution >= 4 is 0 Å². The van der Waals surface area contributed by atoms with Crippen molar-refractivity contribution in [3.8, 4) is 0 Å². The predicted octanol–water partition coefficient (Wildman–Crippen LogP) is 2.85. The predicted molar refractivity (Wildman–Crippen MR) is 65.3 cm³/mol. The number of pyridine rings is 1. The number of aryl methyl sites for hydroxylation is 1. The molecule has 2 aliphatic rings. The molecule has 1 aromatic heterocycles. The Morgan fingerprint density at radius 2 is 2.25 bits per heavy atom. The van der Waals surface area contributed by atoms with E-state index in [-0.39, 0.29) is 0 Å². The zero-order valence-corrected chi connectivity index (χ0v) is 9.78. The average molecular weight is 216 g/mol.